The summed E-state index contributed by atoms with van der Waals surface area (Å²) in [5, 5.41) is 9.43. The highest BCUT2D eigenvalue weighted by molar-refractivity contribution is 6.13. The van der Waals surface area contributed by atoms with Crippen LogP contribution in [0, 0.1) is 11.3 Å². The van der Waals surface area contributed by atoms with E-state index >= 15 is 0 Å². The normalized spacial score (nSPS) is 12.4. The molecule has 1 aliphatic heterocycles. The maximum Gasteiger partial charge on any atom is 0.419 e. The summed E-state index contributed by atoms with van der Waals surface area (Å²) in [6.45, 7) is 5.32. The summed E-state index contributed by atoms with van der Waals surface area (Å²) < 4.78 is 7.85. The van der Waals surface area contributed by atoms with E-state index in [9.17, 15) is 14.4 Å². The first-order valence-electron chi connectivity index (χ1n) is 10.1. The number of nitriles is 1. The van der Waals surface area contributed by atoms with Crippen LogP contribution in [-0.2, 0) is 4.74 Å². The van der Waals surface area contributed by atoms with Crippen molar-refractivity contribution < 1.29 is 14.3 Å². The second-order valence-electron chi connectivity index (χ2n) is 8.63. The lowest BCUT2D eigenvalue weighted by atomic mass is 10.1. The number of hydrogen-bond donors (Lipinski definition) is 0. The lowest BCUT2D eigenvalue weighted by molar-refractivity contribution is 0.0536. The Morgan fingerprint density at radius 3 is 2.64 bits per heavy atom. The zero-order valence-electron chi connectivity index (χ0n) is 18.0. The minimum atomic E-state index is -0.646. The second-order valence-corrected chi connectivity index (χ2v) is 8.63. The van der Waals surface area contributed by atoms with Crippen molar-refractivity contribution in [1.82, 2.24) is 19.1 Å². The van der Waals surface area contributed by atoms with Gasteiger partial charge in [0.2, 0.25) is 5.78 Å². The summed E-state index contributed by atoms with van der Waals surface area (Å²) in [5.74, 6) is -0.388. The maximum atomic E-state index is 13.3. The second kappa shape index (κ2) is 6.97. The molecule has 3 heterocycles. The predicted octanol–water partition coefficient (Wildman–Crippen LogP) is 3.45. The van der Waals surface area contributed by atoms with Gasteiger partial charge in [-0.1, -0.05) is 6.07 Å². The Morgan fingerprint density at radius 2 is 1.91 bits per heavy atom. The lowest BCUT2D eigenvalue weighted by Gasteiger charge is -2.19. The van der Waals surface area contributed by atoms with Crippen molar-refractivity contribution in [2.75, 3.05) is 0 Å². The van der Waals surface area contributed by atoms with E-state index in [2.05, 4.69) is 9.97 Å². The number of hydrogen-bond acceptors (Lipinski definition) is 7. The molecule has 0 aliphatic carbocycles. The van der Waals surface area contributed by atoms with Gasteiger partial charge in [0, 0.05) is 11.8 Å². The molecule has 0 spiro atoms. The number of aromatic nitrogens is 4. The van der Waals surface area contributed by atoms with Crippen LogP contribution >= 0.6 is 0 Å². The Balaban J connectivity index is 1.60. The first-order valence-corrected chi connectivity index (χ1v) is 10.1. The van der Waals surface area contributed by atoms with Crippen LogP contribution in [0.1, 0.15) is 42.5 Å². The number of nitrogens with zero attached hydrogens (tertiary/aromatic N) is 5. The first kappa shape index (κ1) is 20.3. The summed E-state index contributed by atoms with van der Waals surface area (Å²) >= 11 is 0. The number of benzene rings is 2. The lowest BCUT2D eigenvalue weighted by Crippen LogP contribution is -2.26. The van der Waals surface area contributed by atoms with Gasteiger partial charge in [0.25, 0.3) is 5.56 Å². The molecule has 9 nitrogen and oxygen atoms in total. The molecule has 2 aromatic heterocycles. The summed E-state index contributed by atoms with van der Waals surface area (Å²) in [4.78, 5) is 47.1. The highest BCUT2D eigenvalue weighted by atomic mass is 16.6. The van der Waals surface area contributed by atoms with Crippen LogP contribution in [0.3, 0.4) is 0 Å². The van der Waals surface area contributed by atoms with Gasteiger partial charge in [-0.25, -0.2) is 19.3 Å². The van der Waals surface area contributed by atoms with Gasteiger partial charge in [-0.3, -0.25) is 14.2 Å². The third-order valence-electron chi connectivity index (χ3n) is 5.17. The molecule has 0 bridgehead atoms. The molecule has 9 heteroatoms. The number of imidazole rings is 1. The van der Waals surface area contributed by atoms with Gasteiger partial charge in [0.1, 0.15) is 11.9 Å². The van der Waals surface area contributed by atoms with Crippen LogP contribution in [-0.4, -0.2) is 36.6 Å². The Kier molecular flexibility index (Phi) is 4.29. The van der Waals surface area contributed by atoms with Crippen molar-refractivity contribution in [2.45, 2.75) is 26.4 Å². The number of ether oxygens (including phenoxy) is 1. The summed E-state index contributed by atoms with van der Waals surface area (Å²) in [6.07, 6.45) is 2.31. The van der Waals surface area contributed by atoms with Gasteiger partial charge in [-0.05, 0) is 51.1 Å². The van der Waals surface area contributed by atoms with Crippen LogP contribution in [0.5, 0.6) is 0 Å². The highest BCUT2D eigenvalue weighted by Gasteiger charge is 2.30. The molecular formula is C24H17N5O4. The number of fused-ring (bicyclic) bond motifs is 4. The number of ketones is 1. The monoisotopic (exact) mass is 439 g/mol. The summed E-state index contributed by atoms with van der Waals surface area (Å²) in [6, 6.07) is 11.6. The molecule has 0 saturated heterocycles. The predicted molar refractivity (Wildman–Crippen MR) is 118 cm³/mol. The fraction of sp³-hybridized carbons (Fsp3) is 0.167. The molecular weight excluding hydrogens is 422 g/mol. The molecule has 5 rings (SSSR count). The SMILES string of the molecule is CC(C)(C)OC(=O)n1cnc(-c2ccc3nc4n(c(=O)c3c2)-c2ccc(C#N)cc2C4=O)c1. The topological polar surface area (TPSA) is 120 Å². The molecule has 33 heavy (non-hydrogen) atoms. The zero-order valence-corrected chi connectivity index (χ0v) is 18.0. The van der Waals surface area contributed by atoms with Gasteiger partial charge >= 0.3 is 6.09 Å². The van der Waals surface area contributed by atoms with Crippen molar-refractivity contribution in [2.24, 2.45) is 0 Å². The van der Waals surface area contributed by atoms with E-state index in [-0.39, 0.29) is 11.4 Å². The van der Waals surface area contributed by atoms with Crippen LogP contribution in [0.4, 0.5) is 4.79 Å². The van der Waals surface area contributed by atoms with Crippen molar-refractivity contribution in [3.8, 4) is 23.0 Å². The summed E-state index contributed by atoms with van der Waals surface area (Å²) in [5.41, 5.74) is 1.39. The Bertz CT molecular complexity index is 1600. The van der Waals surface area contributed by atoms with E-state index in [1.807, 2.05) is 6.07 Å². The third-order valence-corrected chi connectivity index (χ3v) is 5.17. The Labute approximate surface area is 187 Å². The Morgan fingerprint density at radius 1 is 1.12 bits per heavy atom. The molecule has 162 valence electrons. The van der Waals surface area contributed by atoms with Crippen molar-refractivity contribution in [1.29, 1.82) is 5.26 Å². The van der Waals surface area contributed by atoms with E-state index in [1.54, 1.807) is 51.1 Å². The molecule has 0 amide bonds. The first-order chi connectivity index (χ1) is 15.7. The molecule has 0 radical (unpaired) electrons. The van der Waals surface area contributed by atoms with Gasteiger partial charge in [0.15, 0.2) is 5.82 Å². The van der Waals surface area contributed by atoms with Crippen LogP contribution in [0.2, 0.25) is 0 Å². The highest BCUT2D eigenvalue weighted by Crippen LogP contribution is 2.28. The molecule has 2 aromatic carbocycles. The summed E-state index contributed by atoms with van der Waals surface area (Å²) in [7, 11) is 0. The minimum absolute atomic E-state index is 0.0135. The number of carbonyl (C=O) groups is 2. The van der Waals surface area contributed by atoms with Gasteiger partial charge in [0.05, 0.1) is 39.5 Å². The molecule has 0 saturated carbocycles. The van der Waals surface area contributed by atoms with Crippen molar-refractivity contribution in [3.05, 3.63) is 76.2 Å². The molecule has 0 atom stereocenters. The van der Waals surface area contributed by atoms with E-state index < -0.39 is 23.0 Å². The molecule has 4 aromatic rings. The largest absolute Gasteiger partial charge is 0.443 e. The van der Waals surface area contributed by atoms with Gasteiger partial charge in [-0.15, -0.1) is 0 Å². The molecule has 0 fully saturated rings. The van der Waals surface area contributed by atoms with Crippen LogP contribution in [0.25, 0.3) is 27.8 Å². The van der Waals surface area contributed by atoms with E-state index in [1.165, 1.54) is 27.7 Å². The number of carbonyl (C=O) groups excluding carboxylic acids is 2. The van der Waals surface area contributed by atoms with Crippen LogP contribution < -0.4 is 5.56 Å². The zero-order chi connectivity index (χ0) is 23.5. The number of rotatable bonds is 1. The fourth-order valence-electron chi connectivity index (χ4n) is 3.71. The molecule has 0 unspecified atom stereocenters. The standard InChI is InChI=1S/C24H17N5O4/c1-24(2,3)33-23(32)28-11-18(26-12-28)14-5-6-17-15(9-14)22(31)29-19-7-4-13(10-25)8-16(19)20(30)21(29)27-17/h4-9,11-12H,1-3H3. The molecule has 1 aliphatic rings. The van der Waals surface area contributed by atoms with E-state index in [0.29, 0.717) is 33.4 Å². The van der Waals surface area contributed by atoms with E-state index in [4.69, 9.17) is 10.00 Å². The molecule has 0 N–H and O–H groups in total. The van der Waals surface area contributed by atoms with Crippen LogP contribution in [0.15, 0.2) is 53.7 Å². The average Bonchev–Trinajstić information content (AvgIpc) is 3.37. The van der Waals surface area contributed by atoms with Crippen molar-refractivity contribution in [3.63, 3.8) is 0 Å². The average molecular weight is 439 g/mol. The Hall–Kier alpha value is -4.58. The fourth-order valence-corrected chi connectivity index (χ4v) is 3.71. The van der Waals surface area contributed by atoms with Crippen molar-refractivity contribution >= 4 is 22.8 Å². The quantitative estimate of drug-likeness (QED) is 0.392. The smallest absolute Gasteiger partial charge is 0.419 e. The van der Waals surface area contributed by atoms with Gasteiger partial charge < -0.3 is 4.74 Å². The maximum absolute atomic E-state index is 13.3. The van der Waals surface area contributed by atoms with E-state index in [0.717, 1.165) is 0 Å². The minimum Gasteiger partial charge on any atom is -0.443 e. The van der Waals surface area contributed by atoms with Gasteiger partial charge in [-0.2, -0.15) is 5.26 Å². The third kappa shape index (κ3) is 3.29.